The molecule has 0 bridgehead atoms. The highest BCUT2D eigenvalue weighted by Gasteiger charge is 2.24. The van der Waals surface area contributed by atoms with Gasteiger partial charge in [-0.05, 0) is 31.2 Å². The molecule has 1 amide bonds. The highest BCUT2D eigenvalue weighted by Crippen LogP contribution is 2.22. The van der Waals surface area contributed by atoms with Gasteiger partial charge >= 0.3 is 0 Å². The van der Waals surface area contributed by atoms with E-state index < -0.39 is 4.92 Å². The number of aryl methyl sites for hydroxylation is 1. The number of H-pyrrole nitrogens is 1. The first-order chi connectivity index (χ1) is 13.0. The number of nitrogens with one attached hydrogen (secondary N) is 1. The van der Waals surface area contributed by atoms with E-state index in [9.17, 15) is 14.9 Å². The number of hydrogen-bond acceptors (Lipinski definition) is 6. The van der Waals surface area contributed by atoms with Gasteiger partial charge in [0.25, 0.3) is 11.6 Å². The summed E-state index contributed by atoms with van der Waals surface area (Å²) in [6, 6.07) is 8.58. The Kier molecular flexibility index (Phi) is 4.19. The van der Waals surface area contributed by atoms with Crippen molar-refractivity contribution < 1.29 is 9.72 Å². The molecule has 9 nitrogen and oxygen atoms in total. The first-order valence-corrected chi connectivity index (χ1v) is 8.62. The first kappa shape index (κ1) is 17.0. The van der Waals surface area contributed by atoms with Gasteiger partial charge in [-0.2, -0.15) is 0 Å². The molecule has 0 saturated carbocycles. The molecule has 1 aliphatic heterocycles. The van der Waals surface area contributed by atoms with Crippen molar-refractivity contribution in [1.82, 2.24) is 19.9 Å². The number of piperazine rings is 1. The van der Waals surface area contributed by atoms with Gasteiger partial charge in [0, 0.05) is 37.8 Å². The fourth-order valence-electron chi connectivity index (χ4n) is 3.30. The van der Waals surface area contributed by atoms with Crippen molar-refractivity contribution in [2.45, 2.75) is 6.92 Å². The summed E-state index contributed by atoms with van der Waals surface area (Å²) < 4.78 is 0. The zero-order chi connectivity index (χ0) is 19.0. The number of amides is 1. The van der Waals surface area contributed by atoms with Crippen LogP contribution in [0.15, 0.2) is 36.7 Å². The van der Waals surface area contributed by atoms with Crippen molar-refractivity contribution in [3.63, 3.8) is 0 Å². The number of nitrogens with zero attached hydrogens (tertiary/aromatic N) is 5. The van der Waals surface area contributed by atoms with Crippen LogP contribution in [-0.2, 0) is 0 Å². The average Bonchev–Trinajstić information content (AvgIpc) is 3.15. The Morgan fingerprint density at radius 2 is 1.96 bits per heavy atom. The van der Waals surface area contributed by atoms with Crippen molar-refractivity contribution in [2.24, 2.45) is 0 Å². The number of pyridine rings is 1. The lowest BCUT2D eigenvalue weighted by Gasteiger charge is -2.35. The molecular weight excluding hydrogens is 348 g/mol. The minimum absolute atomic E-state index is 0.0148. The third-order valence-corrected chi connectivity index (χ3v) is 4.80. The van der Waals surface area contributed by atoms with Crippen LogP contribution in [0.4, 0.5) is 11.5 Å². The standard InChI is InChI=1S/C18H18N6O3/c1-12-16(24(26)27)4-5-17(21-12)22-6-8-23(9-7-22)18(25)13-2-3-14-15(10-13)20-11-19-14/h2-5,10-11H,6-9H2,1H3,(H,19,20). The number of aromatic nitrogens is 3. The van der Waals surface area contributed by atoms with E-state index in [0.717, 1.165) is 11.0 Å². The Morgan fingerprint density at radius 1 is 1.19 bits per heavy atom. The summed E-state index contributed by atoms with van der Waals surface area (Å²) >= 11 is 0. The smallest absolute Gasteiger partial charge is 0.290 e. The molecule has 0 spiro atoms. The van der Waals surface area contributed by atoms with Crippen LogP contribution in [0.5, 0.6) is 0 Å². The number of imidazole rings is 1. The molecule has 138 valence electrons. The topological polar surface area (TPSA) is 108 Å². The highest BCUT2D eigenvalue weighted by atomic mass is 16.6. The summed E-state index contributed by atoms with van der Waals surface area (Å²) in [6.45, 7) is 4.02. The minimum atomic E-state index is -0.431. The summed E-state index contributed by atoms with van der Waals surface area (Å²) in [7, 11) is 0. The summed E-state index contributed by atoms with van der Waals surface area (Å²) in [5, 5.41) is 10.9. The van der Waals surface area contributed by atoms with Gasteiger partial charge in [0.15, 0.2) is 0 Å². The lowest BCUT2D eigenvalue weighted by Crippen LogP contribution is -2.49. The maximum Gasteiger partial charge on any atom is 0.290 e. The molecule has 3 aromatic rings. The number of nitro groups is 1. The summed E-state index contributed by atoms with van der Waals surface area (Å²) in [6.07, 6.45) is 1.61. The van der Waals surface area contributed by atoms with E-state index in [1.54, 1.807) is 25.4 Å². The van der Waals surface area contributed by atoms with Gasteiger partial charge in [0.2, 0.25) is 0 Å². The molecule has 0 unspecified atom stereocenters. The molecule has 0 aliphatic carbocycles. The predicted octanol–water partition coefficient (Wildman–Crippen LogP) is 2.14. The Hall–Kier alpha value is -3.49. The van der Waals surface area contributed by atoms with E-state index >= 15 is 0 Å². The molecule has 1 aromatic carbocycles. The molecule has 4 rings (SSSR count). The first-order valence-electron chi connectivity index (χ1n) is 8.62. The van der Waals surface area contributed by atoms with Crippen LogP contribution in [-0.4, -0.2) is 56.9 Å². The van der Waals surface area contributed by atoms with Gasteiger partial charge in [0.1, 0.15) is 11.5 Å². The highest BCUT2D eigenvalue weighted by molar-refractivity contribution is 5.97. The molecule has 0 atom stereocenters. The summed E-state index contributed by atoms with van der Waals surface area (Å²) in [5.74, 6) is 0.683. The lowest BCUT2D eigenvalue weighted by molar-refractivity contribution is -0.385. The molecule has 2 aromatic heterocycles. The van der Waals surface area contributed by atoms with Crippen LogP contribution in [0.2, 0.25) is 0 Å². The molecule has 1 aliphatic rings. The largest absolute Gasteiger partial charge is 0.353 e. The Morgan fingerprint density at radius 3 is 2.67 bits per heavy atom. The second-order valence-corrected chi connectivity index (χ2v) is 6.44. The van der Waals surface area contributed by atoms with Crippen molar-refractivity contribution >= 4 is 28.4 Å². The average molecular weight is 366 g/mol. The Bertz CT molecular complexity index is 1020. The quantitative estimate of drug-likeness (QED) is 0.562. The van der Waals surface area contributed by atoms with Gasteiger partial charge in [-0.15, -0.1) is 0 Å². The number of carbonyl (C=O) groups excluding carboxylic acids is 1. The van der Waals surface area contributed by atoms with Crippen molar-refractivity contribution in [2.75, 3.05) is 31.1 Å². The van der Waals surface area contributed by atoms with E-state index in [1.165, 1.54) is 6.07 Å². The molecule has 3 heterocycles. The number of fused-ring (bicyclic) bond motifs is 1. The predicted molar refractivity (Wildman–Crippen MR) is 99.8 cm³/mol. The number of carbonyl (C=O) groups is 1. The fourth-order valence-corrected chi connectivity index (χ4v) is 3.30. The van der Waals surface area contributed by atoms with Crippen LogP contribution < -0.4 is 4.90 Å². The molecule has 9 heteroatoms. The van der Waals surface area contributed by atoms with Gasteiger partial charge in [0.05, 0.1) is 22.3 Å². The number of anilines is 1. The lowest BCUT2D eigenvalue weighted by atomic mass is 10.1. The third kappa shape index (κ3) is 3.19. The van der Waals surface area contributed by atoms with Crippen molar-refractivity contribution in [1.29, 1.82) is 0 Å². The van der Waals surface area contributed by atoms with Gasteiger partial charge < -0.3 is 14.8 Å². The SMILES string of the molecule is Cc1nc(N2CCN(C(=O)c3ccc4nc[nH]c4c3)CC2)ccc1[N+](=O)[O-]. The second kappa shape index (κ2) is 6.67. The maximum absolute atomic E-state index is 12.8. The van der Waals surface area contributed by atoms with E-state index in [-0.39, 0.29) is 11.6 Å². The van der Waals surface area contributed by atoms with Crippen molar-refractivity contribution in [3.8, 4) is 0 Å². The minimum Gasteiger partial charge on any atom is -0.353 e. The number of aromatic amines is 1. The zero-order valence-electron chi connectivity index (χ0n) is 14.8. The maximum atomic E-state index is 12.8. The Balaban J connectivity index is 1.44. The molecular formula is C18H18N6O3. The number of hydrogen-bond donors (Lipinski definition) is 1. The normalized spacial score (nSPS) is 14.6. The molecule has 1 saturated heterocycles. The third-order valence-electron chi connectivity index (χ3n) is 4.80. The number of benzene rings is 1. The fraction of sp³-hybridized carbons (Fsp3) is 0.278. The molecule has 27 heavy (non-hydrogen) atoms. The summed E-state index contributed by atoms with van der Waals surface area (Å²) in [4.78, 5) is 38.6. The van der Waals surface area contributed by atoms with Crippen LogP contribution in [0.1, 0.15) is 16.1 Å². The Labute approximate surface area is 154 Å². The van der Waals surface area contributed by atoms with Crippen LogP contribution in [0.25, 0.3) is 11.0 Å². The monoisotopic (exact) mass is 366 g/mol. The van der Waals surface area contributed by atoms with E-state index in [1.807, 2.05) is 21.9 Å². The molecule has 0 radical (unpaired) electrons. The van der Waals surface area contributed by atoms with E-state index in [0.29, 0.717) is 43.3 Å². The van der Waals surface area contributed by atoms with E-state index in [4.69, 9.17) is 0 Å². The van der Waals surface area contributed by atoms with Crippen LogP contribution >= 0.6 is 0 Å². The molecule has 1 N–H and O–H groups in total. The van der Waals surface area contributed by atoms with Crippen LogP contribution in [0, 0.1) is 17.0 Å². The van der Waals surface area contributed by atoms with Gasteiger partial charge in [-0.25, -0.2) is 9.97 Å². The zero-order valence-corrected chi connectivity index (χ0v) is 14.8. The number of rotatable bonds is 3. The van der Waals surface area contributed by atoms with Gasteiger partial charge in [-0.1, -0.05) is 0 Å². The van der Waals surface area contributed by atoms with E-state index in [2.05, 4.69) is 15.0 Å². The van der Waals surface area contributed by atoms with Gasteiger partial charge in [-0.3, -0.25) is 14.9 Å². The van der Waals surface area contributed by atoms with Crippen LogP contribution in [0.3, 0.4) is 0 Å². The van der Waals surface area contributed by atoms with Crippen molar-refractivity contribution in [3.05, 3.63) is 58.0 Å². The molecule has 1 fully saturated rings. The second-order valence-electron chi connectivity index (χ2n) is 6.44. The summed E-state index contributed by atoms with van der Waals surface area (Å²) in [5.41, 5.74) is 2.70.